The van der Waals surface area contributed by atoms with Crippen molar-refractivity contribution in [3.8, 4) is 0 Å². The summed E-state index contributed by atoms with van der Waals surface area (Å²) < 4.78 is 5.55. The number of amides is 2. The minimum Gasteiger partial charge on any atom is -0.365 e. The Bertz CT molecular complexity index is 738. The van der Waals surface area contributed by atoms with Gasteiger partial charge in [-0.3, -0.25) is 9.59 Å². The fourth-order valence-corrected chi connectivity index (χ4v) is 3.01. The first-order valence-corrected chi connectivity index (χ1v) is 8.28. The summed E-state index contributed by atoms with van der Waals surface area (Å²) in [5, 5.41) is 3.82. The Morgan fingerprint density at radius 3 is 3.04 bits per heavy atom. The number of carbonyl (C=O) groups excluding carboxylic acids is 2. The lowest BCUT2D eigenvalue weighted by Gasteiger charge is -2.33. The molecule has 1 unspecified atom stereocenters. The molecule has 0 spiro atoms. The van der Waals surface area contributed by atoms with Gasteiger partial charge in [0.05, 0.1) is 6.10 Å². The van der Waals surface area contributed by atoms with E-state index in [0.29, 0.717) is 24.6 Å². The standard InChI is InChI=1S/C18H23N3O3/c1-12(2)9-21-10-13(24-11-17(21)22)8-20-18(23)15-4-3-5-16-14(15)6-7-19-16/h3-7,12-13,19H,8-11H2,1-2H3,(H,20,23). The molecule has 1 aromatic heterocycles. The fraction of sp³-hybridized carbons (Fsp3) is 0.444. The number of hydrogen-bond acceptors (Lipinski definition) is 3. The summed E-state index contributed by atoms with van der Waals surface area (Å²) in [6.45, 7) is 5.87. The number of fused-ring (bicyclic) bond motifs is 1. The van der Waals surface area contributed by atoms with Gasteiger partial charge in [-0.15, -0.1) is 0 Å². The van der Waals surface area contributed by atoms with Gasteiger partial charge in [-0.25, -0.2) is 0 Å². The second-order valence-electron chi connectivity index (χ2n) is 6.58. The van der Waals surface area contributed by atoms with E-state index in [0.717, 1.165) is 17.4 Å². The van der Waals surface area contributed by atoms with Crippen molar-refractivity contribution in [2.24, 2.45) is 5.92 Å². The Hall–Kier alpha value is -2.34. The van der Waals surface area contributed by atoms with Gasteiger partial charge in [0.1, 0.15) is 6.61 Å². The number of ether oxygens (including phenoxy) is 1. The summed E-state index contributed by atoms with van der Waals surface area (Å²) in [5.74, 6) is 0.299. The summed E-state index contributed by atoms with van der Waals surface area (Å²) in [4.78, 5) is 29.2. The van der Waals surface area contributed by atoms with Crippen LogP contribution in [0.4, 0.5) is 0 Å². The first-order chi connectivity index (χ1) is 11.5. The van der Waals surface area contributed by atoms with E-state index in [2.05, 4.69) is 24.1 Å². The third-order valence-electron chi connectivity index (χ3n) is 4.13. The molecule has 1 aliphatic rings. The monoisotopic (exact) mass is 329 g/mol. The minimum absolute atomic E-state index is 0.0170. The molecule has 6 nitrogen and oxygen atoms in total. The zero-order chi connectivity index (χ0) is 17.1. The average molecular weight is 329 g/mol. The molecule has 1 aliphatic heterocycles. The molecule has 1 atom stereocenters. The van der Waals surface area contributed by atoms with Crippen LogP contribution in [0.15, 0.2) is 30.5 Å². The lowest BCUT2D eigenvalue weighted by Crippen LogP contribution is -2.51. The molecule has 24 heavy (non-hydrogen) atoms. The number of H-pyrrole nitrogens is 1. The number of benzene rings is 1. The number of hydrogen-bond donors (Lipinski definition) is 2. The van der Waals surface area contributed by atoms with E-state index < -0.39 is 0 Å². The molecule has 3 rings (SSSR count). The van der Waals surface area contributed by atoms with Gasteiger partial charge >= 0.3 is 0 Å². The Kier molecular flexibility index (Phi) is 4.85. The second-order valence-corrected chi connectivity index (χ2v) is 6.58. The number of aromatic nitrogens is 1. The van der Waals surface area contributed by atoms with Crippen LogP contribution < -0.4 is 5.32 Å². The fourth-order valence-electron chi connectivity index (χ4n) is 3.01. The van der Waals surface area contributed by atoms with Crippen LogP contribution in [0, 0.1) is 5.92 Å². The molecule has 0 bridgehead atoms. The molecule has 2 heterocycles. The maximum absolute atomic E-state index is 12.5. The summed E-state index contributed by atoms with van der Waals surface area (Å²) in [7, 11) is 0. The van der Waals surface area contributed by atoms with Gasteiger partial charge < -0.3 is 19.9 Å². The van der Waals surface area contributed by atoms with Crippen LogP contribution in [0.25, 0.3) is 10.9 Å². The Morgan fingerprint density at radius 1 is 1.42 bits per heavy atom. The van der Waals surface area contributed by atoms with E-state index in [1.165, 1.54) is 0 Å². The van der Waals surface area contributed by atoms with E-state index in [1.54, 1.807) is 0 Å². The van der Waals surface area contributed by atoms with Gasteiger partial charge in [-0.05, 0) is 24.1 Å². The van der Waals surface area contributed by atoms with E-state index in [-0.39, 0.29) is 24.5 Å². The van der Waals surface area contributed by atoms with Crippen molar-refractivity contribution in [3.63, 3.8) is 0 Å². The molecule has 1 aromatic carbocycles. The zero-order valence-corrected chi connectivity index (χ0v) is 14.0. The SMILES string of the molecule is CC(C)CN1CC(CNC(=O)c2cccc3[nH]ccc23)OCC1=O. The largest absolute Gasteiger partial charge is 0.365 e. The molecule has 128 valence electrons. The number of aromatic amines is 1. The quantitative estimate of drug-likeness (QED) is 0.878. The molecule has 2 N–H and O–H groups in total. The molecule has 2 aromatic rings. The Labute approximate surface area is 141 Å². The lowest BCUT2D eigenvalue weighted by molar-refractivity contribution is -0.149. The van der Waals surface area contributed by atoms with Crippen LogP contribution in [-0.2, 0) is 9.53 Å². The molecular formula is C18H23N3O3. The minimum atomic E-state index is -0.171. The average Bonchev–Trinajstić information content (AvgIpc) is 3.03. The van der Waals surface area contributed by atoms with Crippen LogP contribution in [0.5, 0.6) is 0 Å². The van der Waals surface area contributed by atoms with E-state index in [1.807, 2.05) is 35.4 Å². The highest BCUT2D eigenvalue weighted by Crippen LogP contribution is 2.17. The molecule has 1 fully saturated rings. The number of nitrogens with zero attached hydrogens (tertiary/aromatic N) is 1. The summed E-state index contributed by atoms with van der Waals surface area (Å²) in [6, 6.07) is 7.49. The maximum atomic E-state index is 12.5. The number of rotatable bonds is 5. The zero-order valence-electron chi connectivity index (χ0n) is 14.0. The van der Waals surface area contributed by atoms with Gasteiger partial charge in [0.25, 0.3) is 5.91 Å². The highest BCUT2D eigenvalue weighted by Gasteiger charge is 2.27. The van der Waals surface area contributed by atoms with Gasteiger partial charge in [-0.1, -0.05) is 19.9 Å². The van der Waals surface area contributed by atoms with Crippen molar-refractivity contribution in [1.29, 1.82) is 0 Å². The Balaban J connectivity index is 1.60. The lowest BCUT2D eigenvalue weighted by atomic mass is 10.1. The summed E-state index contributed by atoms with van der Waals surface area (Å²) in [5.41, 5.74) is 1.57. The first-order valence-electron chi connectivity index (χ1n) is 8.28. The number of carbonyl (C=O) groups is 2. The van der Waals surface area contributed by atoms with Gasteiger partial charge in [0.2, 0.25) is 5.91 Å². The smallest absolute Gasteiger partial charge is 0.252 e. The van der Waals surface area contributed by atoms with Gasteiger partial charge in [-0.2, -0.15) is 0 Å². The van der Waals surface area contributed by atoms with Crippen molar-refractivity contribution >= 4 is 22.7 Å². The third-order valence-corrected chi connectivity index (χ3v) is 4.13. The predicted molar refractivity (Wildman–Crippen MR) is 91.8 cm³/mol. The van der Waals surface area contributed by atoms with Gasteiger partial charge in [0.15, 0.2) is 0 Å². The van der Waals surface area contributed by atoms with Crippen molar-refractivity contribution in [2.75, 3.05) is 26.2 Å². The van der Waals surface area contributed by atoms with Crippen LogP contribution in [-0.4, -0.2) is 54.0 Å². The van der Waals surface area contributed by atoms with Crippen molar-refractivity contribution in [1.82, 2.24) is 15.2 Å². The first kappa shape index (κ1) is 16.5. The molecule has 0 radical (unpaired) electrons. The second kappa shape index (κ2) is 7.05. The molecule has 0 aliphatic carbocycles. The van der Waals surface area contributed by atoms with E-state index in [4.69, 9.17) is 4.74 Å². The third kappa shape index (κ3) is 3.59. The van der Waals surface area contributed by atoms with Crippen LogP contribution in [0.2, 0.25) is 0 Å². The predicted octanol–water partition coefficient (Wildman–Crippen LogP) is 1.78. The molecule has 1 saturated heterocycles. The van der Waals surface area contributed by atoms with Crippen LogP contribution in [0.1, 0.15) is 24.2 Å². The van der Waals surface area contributed by atoms with Crippen LogP contribution in [0.3, 0.4) is 0 Å². The van der Waals surface area contributed by atoms with Crippen molar-refractivity contribution < 1.29 is 14.3 Å². The van der Waals surface area contributed by atoms with E-state index in [9.17, 15) is 9.59 Å². The van der Waals surface area contributed by atoms with Crippen molar-refractivity contribution in [3.05, 3.63) is 36.0 Å². The topological polar surface area (TPSA) is 74.4 Å². The molecule has 0 saturated carbocycles. The maximum Gasteiger partial charge on any atom is 0.252 e. The molecule has 6 heteroatoms. The molecular weight excluding hydrogens is 306 g/mol. The summed E-state index contributed by atoms with van der Waals surface area (Å²) in [6.07, 6.45) is 1.65. The van der Waals surface area contributed by atoms with E-state index >= 15 is 0 Å². The molecule has 2 amide bonds. The summed E-state index contributed by atoms with van der Waals surface area (Å²) >= 11 is 0. The normalized spacial score (nSPS) is 18.4. The van der Waals surface area contributed by atoms with Crippen LogP contribution >= 0.6 is 0 Å². The Morgan fingerprint density at radius 2 is 2.25 bits per heavy atom. The highest BCUT2D eigenvalue weighted by atomic mass is 16.5. The van der Waals surface area contributed by atoms with Gasteiger partial charge in [0, 0.05) is 42.3 Å². The highest BCUT2D eigenvalue weighted by molar-refractivity contribution is 6.06. The van der Waals surface area contributed by atoms with Crippen molar-refractivity contribution in [2.45, 2.75) is 20.0 Å². The number of morpholine rings is 1. The number of nitrogens with one attached hydrogen (secondary N) is 2.